The molecule has 0 aliphatic carbocycles. The van der Waals surface area contributed by atoms with Crippen LogP contribution in [0.4, 0.5) is 0 Å². The normalized spacial score (nSPS) is 11.1. The number of ketones is 2. The number of carbonyl (C=O) groups is 2. The largest absolute Gasteiger partial charge is 0.500 e. The van der Waals surface area contributed by atoms with Gasteiger partial charge in [0.05, 0.1) is 12.5 Å². The molecule has 0 saturated carbocycles. The highest BCUT2D eigenvalue weighted by Crippen LogP contribution is 2.29. The van der Waals surface area contributed by atoms with Crippen molar-refractivity contribution in [2.45, 2.75) is 62.3 Å². The van der Waals surface area contributed by atoms with Gasteiger partial charge in [0.15, 0.2) is 0 Å². The van der Waals surface area contributed by atoms with Crippen molar-refractivity contribution in [3.63, 3.8) is 0 Å². The number of allylic oxidation sites excluding steroid dienone is 2. The Morgan fingerprint density at radius 3 is 1.16 bits per heavy atom. The van der Waals surface area contributed by atoms with E-state index >= 15 is 0 Å². The molecule has 0 aliphatic heterocycles. The zero-order chi connectivity index (χ0) is 16.0. The molecule has 0 N–H and O–H groups in total. The highest BCUT2D eigenvalue weighted by molar-refractivity contribution is 5.84. The first kappa shape index (κ1) is 20.2. The van der Waals surface area contributed by atoms with Crippen molar-refractivity contribution in [1.29, 1.82) is 0 Å². The molecule has 0 amide bonds. The van der Waals surface area contributed by atoms with Gasteiger partial charge in [0, 0.05) is 5.41 Å². The topological polar surface area (TPSA) is 43.4 Å². The van der Waals surface area contributed by atoms with Crippen LogP contribution in [-0.2, 0) is 14.3 Å². The van der Waals surface area contributed by atoms with Crippen LogP contribution in [0.5, 0.6) is 0 Å². The summed E-state index contributed by atoms with van der Waals surface area (Å²) in [5.41, 5.74) is 0.422. The number of Topliss-reactive ketones (excluding diaryl/α,β-unsaturated/α-hetero) is 2. The standard InChI is InChI=1S/C10H18O2.C6H12O/c1-7(2)9(12-6)10(4,5)8(3)11;1-5(7)6(2,3)4/h1-6H3;1-4H3. The monoisotopic (exact) mass is 270 g/mol. The summed E-state index contributed by atoms with van der Waals surface area (Å²) in [5.74, 6) is 1.14. The zero-order valence-electron chi connectivity index (χ0n) is 14.2. The fourth-order valence-corrected chi connectivity index (χ4v) is 1.24. The van der Waals surface area contributed by atoms with E-state index in [1.165, 1.54) is 0 Å². The predicted octanol–water partition coefficient (Wildman–Crippen LogP) is 4.16. The molecular formula is C16H30O3. The Labute approximate surface area is 118 Å². The lowest BCUT2D eigenvalue weighted by molar-refractivity contribution is -0.125. The smallest absolute Gasteiger partial charge is 0.142 e. The van der Waals surface area contributed by atoms with Gasteiger partial charge in [-0.1, -0.05) is 20.8 Å². The Bertz CT molecular complexity index is 351. The molecule has 3 heteroatoms. The summed E-state index contributed by atoms with van der Waals surface area (Å²) >= 11 is 0. The molecule has 112 valence electrons. The van der Waals surface area contributed by atoms with E-state index in [1.54, 1.807) is 21.0 Å². The van der Waals surface area contributed by atoms with Gasteiger partial charge in [0.2, 0.25) is 0 Å². The molecule has 0 aliphatic rings. The van der Waals surface area contributed by atoms with Crippen molar-refractivity contribution in [2.75, 3.05) is 7.11 Å². The first-order chi connectivity index (χ1) is 8.28. The van der Waals surface area contributed by atoms with Crippen molar-refractivity contribution in [2.24, 2.45) is 10.8 Å². The van der Waals surface area contributed by atoms with Gasteiger partial charge in [0.25, 0.3) is 0 Å². The van der Waals surface area contributed by atoms with Gasteiger partial charge in [-0.05, 0) is 47.1 Å². The van der Waals surface area contributed by atoms with Crippen LogP contribution in [0.3, 0.4) is 0 Å². The Hall–Kier alpha value is -1.12. The Morgan fingerprint density at radius 2 is 1.11 bits per heavy atom. The van der Waals surface area contributed by atoms with E-state index in [4.69, 9.17) is 4.74 Å². The number of hydrogen-bond donors (Lipinski definition) is 0. The minimum atomic E-state index is -0.492. The molecular weight excluding hydrogens is 240 g/mol. The molecule has 0 spiro atoms. The second kappa shape index (κ2) is 7.46. The fourth-order valence-electron chi connectivity index (χ4n) is 1.24. The highest BCUT2D eigenvalue weighted by atomic mass is 16.5. The van der Waals surface area contributed by atoms with Gasteiger partial charge >= 0.3 is 0 Å². The van der Waals surface area contributed by atoms with Gasteiger partial charge in [0.1, 0.15) is 17.3 Å². The molecule has 0 unspecified atom stereocenters. The Balaban J connectivity index is 0. The van der Waals surface area contributed by atoms with Crippen molar-refractivity contribution < 1.29 is 14.3 Å². The number of hydrogen-bond acceptors (Lipinski definition) is 3. The van der Waals surface area contributed by atoms with E-state index in [2.05, 4.69) is 0 Å². The van der Waals surface area contributed by atoms with Crippen molar-refractivity contribution in [1.82, 2.24) is 0 Å². The van der Waals surface area contributed by atoms with Crippen molar-refractivity contribution >= 4 is 11.6 Å². The lowest BCUT2D eigenvalue weighted by atomic mass is 9.85. The maximum absolute atomic E-state index is 11.3. The van der Waals surface area contributed by atoms with Gasteiger partial charge in [-0.15, -0.1) is 0 Å². The number of rotatable bonds is 3. The number of methoxy groups -OCH3 is 1. The van der Waals surface area contributed by atoms with Gasteiger partial charge < -0.3 is 4.74 Å². The second-order valence-corrected chi connectivity index (χ2v) is 6.52. The summed E-state index contributed by atoms with van der Waals surface area (Å²) in [4.78, 5) is 21.7. The van der Waals surface area contributed by atoms with E-state index in [1.807, 2.05) is 48.5 Å². The minimum Gasteiger partial charge on any atom is -0.500 e. The minimum absolute atomic E-state index is 0.126. The maximum atomic E-state index is 11.3. The quantitative estimate of drug-likeness (QED) is 0.723. The van der Waals surface area contributed by atoms with E-state index in [0.29, 0.717) is 0 Å². The van der Waals surface area contributed by atoms with E-state index in [9.17, 15) is 9.59 Å². The lowest BCUT2D eigenvalue weighted by Gasteiger charge is -2.25. The second-order valence-electron chi connectivity index (χ2n) is 6.52. The molecule has 0 fully saturated rings. The molecule has 0 bridgehead atoms. The lowest BCUT2D eigenvalue weighted by Crippen LogP contribution is -2.25. The van der Waals surface area contributed by atoms with E-state index in [0.717, 1.165) is 11.3 Å². The number of ether oxygens (including phenoxy) is 1. The molecule has 0 radical (unpaired) electrons. The average Bonchev–Trinajstić information content (AvgIpc) is 2.16. The third-order valence-corrected chi connectivity index (χ3v) is 3.16. The van der Waals surface area contributed by atoms with Crippen molar-refractivity contribution in [3.05, 3.63) is 11.3 Å². The zero-order valence-corrected chi connectivity index (χ0v) is 14.2. The van der Waals surface area contributed by atoms with Gasteiger partial charge in [-0.25, -0.2) is 0 Å². The summed E-state index contributed by atoms with van der Waals surface area (Å²) < 4.78 is 5.20. The van der Waals surface area contributed by atoms with Crippen LogP contribution < -0.4 is 0 Å². The molecule has 0 atom stereocenters. The molecule has 0 rings (SSSR count). The molecule has 0 aromatic rings. The summed E-state index contributed by atoms with van der Waals surface area (Å²) in [7, 11) is 1.60. The first-order valence-electron chi connectivity index (χ1n) is 6.52. The SMILES string of the molecule is CC(=O)C(C)(C)C.COC(=C(C)C)C(C)(C)C(C)=O. The third kappa shape index (κ3) is 7.14. The van der Waals surface area contributed by atoms with Crippen LogP contribution >= 0.6 is 0 Å². The van der Waals surface area contributed by atoms with Crippen molar-refractivity contribution in [3.8, 4) is 0 Å². The van der Waals surface area contributed by atoms with Crippen LogP contribution in [0.15, 0.2) is 11.3 Å². The molecule has 0 heterocycles. The van der Waals surface area contributed by atoms with Crippen LogP contribution in [-0.4, -0.2) is 18.7 Å². The Morgan fingerprint density at radius 1 is 0.789 bits per heavy atom. The average molecular weight is 270 g/mol. The predicted molar refractivity (Wildman–Crippen MR) is 80.0 cm³/mol. The van der Waals surface area contributed by atoms with Crippen LogP contribution in [0, 0.1) is 10.8 Å². The van der Waals surface area contributed by atoms with Gasteiger partial charge in [-0.3, -0.25) is 9.59 Å². The highest BCUT2D eigenvalue weighted by Gasteiger charge is 2.30. The van der Waals surface area contributed by atoms with Crippen LogP contribution in [0.2, 0.25) is 0 Å². The van der Waals surface area contributed by atoms with Crippen LogP contribution in [0.1, 0.15) is 62.3 Å². The molecule has 0 aromatic heterocycles. The summed E-state index contributed by atoms with van der Waals surface area (Å²) in [6, 6.07) is 0. The van der Waals surface area contributed by atoms with Gasteiger partial charge in [-0.2, -0.15) is 0 Å². The molecule has 19 heavy (non-hydrogen) atoms. The molecule has 0 saturated heterocycles. The van der Waals surface area contributed by atoms with E-state index < -0.39 is 5.41 Å². The summed E-state index contributed by atoms with van der Waals surface area (Å²) in [6.07, 6.45) is 0. The molecule has 0 aromatic carbocycles. The maximum Gasteiger partial charge on any atom is 0.142 e. The summed E-state index contributed by atoms with van der Waals surface area (Å²) in [6.45, 7) is 16.6. The first-order valence-corrected chi connectivity index (χ1v) is 6.52. The fraction of sp³-hybridized carbons (Fsp3) is 0.750. The number of carbonyl (C=O) groups excluding carboxylic acids is 2. The third-order valence-electron chi connectivity index (χ3n) is 3.16. The van der Waals surface area contributed by atoms with E-state index in [-0.39, 0.29) is 17.0 Å². The Kier molecular flexibility index (Phi) is 7.94. The van der Waals surface area contributed by atoms with Crippen LogP contribution in [0.25, 0.3) is 0 Å². The molecule has 3 nitrogen and oxygen atoms in total. The summed E-state index contributed by atoms with van der Waals surface area (Å²) in [5, 5.41) is 0.